The molecule has 0 rings (SSSR count). The maximum absolute atomic E-state index is 11.7. The molecule has 5 heteroatoms. The Hall–Kier alpha value is -0.130. The van der Waals surface area contributed by atoms with Crippen molar-refractivity contribution in [3.63, 3.8) is 0 Å². The molecule has 0 aromatic heterocycles. The van der Waals surface area contributed by atoms with Gasteiger partial charge in [0.2, 0.25) is 0 Å². The molecule has 0 unspecified atom stereocenters. The normalized spacial score (nSPS) is 12.9. The number of nitrogens with zero attached hydrogens (tertiary/aromatic N) is 1. The fourth-order valence-electron chi connectivity index (χ4n) is 2.02. The Labute approximate surface area is 106 Å². The van der Waals surface area contributed by atoms with Crippen molar-refractivity contribution in [1.82, 2.24) is 0 Å². The zero-order chi connectivity index (χ0) is 13.4. The molecule has 0 fully saturated rings. The summed E-state index contributed by atoms with van der Waals surface area (Å²) in [6, 6.07) is 0. The summed E-state index contributed by atoms with van der Waals surface area (Å²) >= 11 is 0. The monoisotopic (exact) mass is 266 g/mol. The van der Waals surface area contributed by atoms with Crippen molar-refractivity contribution in [2.24, 2.45) is 0 Å². The van der Waals surface area contributed by atoms with Crippen molar-refractivity contribution in [3.8, 4) is 0 Å². The Balaban J connectivity index is 4.92. The Morgan fingerprint density at radius 1 is 0.824 bits per heavy atom. The smallest absolute Gasteiger partial charge is 0.241 e. The van der Waals surface area contributed by atoms with Gasteiger partial charge in [-0.05, 0) is 19.3 Å². The van der Waals surface area contributed by atoms with Gasteiger partial charge in [0.15, 0.2) is 0 Å². The number of hydrogen-bond acceptors (Lipinski definition) is 2. The molecule has 0 spiro atoms. The first-order valence-corrected chi connectivity index (χ1v) is 8.17. The summed E-state index contributed by atoms with van der Waals surface area (Å²) in [6.45, 7) is 7.73. The van der Waals surface area contributed by atoms with Crippen LogP contribution in [0.2, 0.25) is 0 Å². The van der Waals surface area contributed by atoms with E-state index in [0.717, 1.165) is 38.5 Å². The lowest BCUT2D eigenvalue weighted by molar-refractivity contribution is -0.812. The fourth-order valence-corrected chi connectivity index (χ4v) is 3.10. The van der Waals surface area contributed by atoms with E-state index in [9.17, 15) is 13.0 Å². The molecule has 0 aliphatic rings. The van der Waals surface area contributed by atoms with Crippen LogP contribution in [-0.4, -0.2) is 36.5 Å². The van der Waals surface area contributed by atoms with E-state index in [-0.39, 0.29) is 3.89 Å². The van der Waals surface area contributed by atoms with Gasteiger partial charge < -0.3 is 0 Å². The Kier molecular flexibility index (Phi) is 8.00. The fraction of sp³-hybridized carbons (Fsp3) is 1.00. The van der Waals surface area contributed by atoms with E-state index < -0.39 is 10.3 Å². The average Bonchev–Trinajstić information content (AvgIpc) is 2.27. The molecule has 0 aliphatic carbocycles. The zero-order valence-corrected chi connectivity index (χ0v) is 12.3. The molecule has 0 aliphatic heterocycles. The van der Waals surface area contributed by atoms with Crippen molar-refractivity contribution >= 4 is 10.3 Å². The Morgan fingerprint density at radius 3 is 1.29 bits per heavy atom. The molecule has 0 bridgehead atoms. The molecule has 0 radical (unpaired) electrons. The van der Waals surface area contributed by atoms with E-state index in [2.05, 4.69) is 0 Å². The minimum Gasteiger partial charge on any atom is -0.241 e. The van der Waals surface area contributed by atoms with Gasteiger partial charge in [0.25, 0.3) is 0 Å². The molecule has 17 heavy (non-hydrogen) atoms. The van der Waals surface area contributed by atoms with E-state index in [1.54, 1.807) is 0 Å². The standard InChI is InChI=1S/C12H27NO3S/c1-4-7-10-13(11-8-5-2,12-9-6-3)17(14,15)16/h4-12H2,1-3H3/p+1. The topological polar surface area (TPSA) is 54.4 Å². The number of hydrogen-bond donors (Lipinski definition) is 1. The Morgan fingerprint density at radius 2 is 1.12 bits per heavy atom. The van der Waals surface area contributed by atoms with Crippen LogP contribution in [0.5, 0.6) is 0 Å². The maximum Gasteiger partial charge on any atom is 0.432 e. The molecule has 0 saturated heterocycles. The van der Waals surface area contributed by atoms with Crippen molar-refractivity contribution in [2.75, 3.05) is 19.6 Å². The van der Waals surface area contributed by atoms with Crippen molar-refractivity contribution < 1.29 is 16.9 Å². The quantitative estimate of drug-likeness (QED) is 0.488. The lowest BCUT2D eigenvalue weighted by atomic mass is 10.2. The highest BCUT2D eigenvalue weighted by atomic mass is 32.2. The zero-order valence-electron chi connectivity index (χ0n) is 11.5. The minimum absolute atomic E-state index is 0.136. The molecule has 0 aromatic carbocycles. The van der Waals surface area contributed by atoms with Crippen molar-refractivity contribution in [3.05, 3.63) is 0 Å². The van der Waals surface area contributed by atoms with Crippen LogP contribution >= 0.6 is 0 Å². The summed E-state index contributed by atoms with van der Waals surface area (Å²) in [7, 11) is -4.01. The molecular weight excluding hydrogens is 238 g/mol. The van der Waals surface area contributed by atoms with Crippen molar-refractivity contribution in [1.29, 1.82) is 0 Å². The number of rotatable bonds is 10. The first-order chi connectivity index (χ1) is 7.93. The molecule has 0 atom stereocenters. The van der Waals surface area contributed by atoms with Crippen LogP contribution < -0.4 is 0 Å². The SMILES string of the molecule is CCCC[N+](CCCC)(CCCC)S(=O)(=O)O. The van der Waals surface area contributed by atoms with Crippen LogP contribution in [0.3, 0.4) is 0 Å². The summed E-state index contributed by atoms with van der Waals surface area (Å²) in [5, 5.41) is 0. The molecule has 1 N–H and O–H groups in total. The lowest BCUT2D eigenvalue weighted by Crippen LogP contribution is -2.54. The van der Waals surface area contributed by atoms with E-state index in [1.807, 2.05) is 20.8 Å². The van der Waals surface area contributed by atoms with Crippen LogP contribution in [0.25, 0.3) is 0 Å². The molecule has 0 amide bonds. The summed E-state index contributed by atoms with van der Waals surface area (Å²) in [4.78, 5) is 0. The Bertz CT molecular complexity index is 266. The summed E-state index contributed by atoms with van der Waals surface area (Å²) in [6.07, 6.45) is 5.38. The van der Waals surface area contributed by atoms with E-state index in [0.29, 0.717) is 19.6 Å². The van der Waals surface area contributed by atoms with Crippen LogP contribution in [0, 0.1) is 0 Å². The van der Waals surface area contributed by atoms with Gasteiger partial charge in [-0.3, -0.25) is 0 Å². The third kappa shape index (κ3) is 5.36. The van der Waals surface area contributed by atoms with Gasteiger partial charge in [-0.25, -0.2) is 4.55 Å². The first kappa shape index (κ1) is 16.9. The predicted octanol–water partition coefficient (Wildman–Crippen LogP) is 3.01. The van der Waals surface area contributed by atoms with E-state index in [1.165, 1.54) is 0 Å². The first-order valence-electron chi connectivity index (χ1n) is 6.77. The van der Waals surface area contributed by atoms with Crippen LogP contribution in [0.15, 0.2) is 0 Å². The summed E-state index contributed by atoms with van der Waals surface area (Å²) < 4.78 is 32.8. The summed E-state index contributed by atoms with van der Waals surface area (Å²) in [5.74, 6) is 0. The van der Waals surface area contributed by atoms with E-state index >= 15 is 0 Å². The van der Waals surface area contributed by atoms with Gasteiger partial charge in [0, 0.05) is 0 Å². The molecule has 0 heterocycles. The van der Waals surface area contributed by atoms with Gasteiger partial charge in [-0.2, -0.15) is 3.89 Å². The molecule has 104 valence electrons. The second-order valence-corrected chi connectivity index (χ2v) is 6.41. The maximum atomic E-state index is 11.7. The molecular formula is C12H28NO3S+. The van der Waals surface area contributed by atoms with E-state index in [4.69, 9.17) is 0 Å². The van der Waals surface area contributed by atoms with Crippen molar-refractivity contribution in [2.45, 2.75) is 59.3 Å². The highest BCUT2D eigenvalue weighted by Gasteiger charge is 2.38. The summed E-state index contributed by atoms with van der Waals surface area (Å²) in [5.41, 5.74) is 0. The highest BCUT2D eigenvalue weighted by molar-refractivity contribution is 7.80. The lowest BCUT2D eigenvalue weighted by Gasteiger charge is -2.34. The van der Waals surface area contributed by atoms with Gasteiger partial charge in [0.1, 0.15) is 0 Å². The molecule has 4 nitrogen and oxygen atoms in total. The second kappa shape index (κ2) is 8.06. The van der Waals surface area contributed by atoms with Gasteiger partial charge in [0.05, 0.1) is 19.6 Å². The number of quaternary nitrogens is 1. The average molecular weight is 266 g/mol. The molecule has 0 aromatic rings. The third-order valence-electron chi connectivity index (χ3n) is 3.25. The van der Waals surface area contributed by atoms with Crippen LogP contribution in [0.4, 0.5) is 0 Å². The van der Waals surface area contributed by atoms with Gasteiger partial charge in [-0.1, -0.05) is 40.0 Å². The second-order valence-electron chi connectivity index (χ2n) is 4.74. The number of unbranched alkanes of at least 4 members (excludes halogenated alkanes) is 3. The third-order valence-corrected chi connectivity index (χ3v) is 4.77. The molecule has 0 saturated carbocycles. The predicted molar refractivity (Wildman–Crippen MR) is 71.1 cm³/mol. The largest absolute Gasteiger partial charge is 0.432 e. The van der Waals surface area contributed by atoms with Gasteiger partial charge in [-0.15, -0.1) is 8.42 Å². The van der Waals surface area contributed by atoms with Gasteiger partial charge >= 0.3 is 10.3 Å². The van der Waals surface area contributed by atoms with Crippen LogP contribution in [0.1, 0.15) is 59.3 Å². The minimum atomic E-state index is -4.01. The van der Waals surface area contributed by atoms with Crippen LogP contribution in [-0.2, 0) is 10.3 Å². The highest BCUT2D eigenvalue weighted by Crippen LogP contribution is 2.19.